The smallest absolute Gasteiger partial charge is 0.300 e. The van der Waals surface area contributed by atoms with E-state index in [9.17, 15) is 14.7 Å². The van der Waals surface area contributed by atoms with Crippen LogP contribution >= 0.6 is 23.2 Å². The van der Waals surface area contributed by atoms with Gasteiger partial charge in [-0.1, -0.05) is 35.3 Å². The number of aliphatic hydroxyl groups excluding tert-OH is 1. The first-order valence-electron chi connectivity index (χ1n) is 11.9. The van der Waals surface area contributed by atoms with Gasteiger partial charge in [-0.3, -0.25) is 14.5 Å². The van der Waals surface area contributed by atoms with Gasteiger partial charge in [-0.25, -0.2) is 0 Å². The topological polar surface area (TPSA) is 79.3 Å². The highest BCUT2D eigenvalue weighted by atomic mass is 35.5. The van der Waals surface area contributed by atoms with Crippen molar-refractivity contribution >= 4 is 52.0 Å². The molecule has 4 rings (SSSR count). The van der Waals surface area contributed by atoms with Gasteiger partial charge in [-0.2, -0.15) is 0 Å². The molecule has 1 fully saturated rings. The lowest BCUT2D eigenvalue weighted by molar-refractivity contribution is -0.132. The molecule has 1 heterocycles. The highest BCUT2D eigenvalue weighted by Gasteiger charge is 2.47. The number of hydrogen-bond acceptors (Lipinski definition) is 6. The van der Waals surface area contributed by atoms with Crippen molar-refractivity contribution in [2.24, 2.45) is 0 Å². The lowest BCUT2D eigenvalue weighted by atomic mass is 9.94. The van der Waals surface area contributed by atoms with Crippen molar-refractivity contribution in [3.8, 4) is 11.5 Å². The minimum absolute atomic E-state index is 0.0233. The first kappa shape index (κ1) is 27.4. The van der Waals surface area contributed by atoms with E-state index in [1.807, 2.05) is 57.1 Å². The lowest BCUT2D eigenvalue weighted by Crippen LogP contribution is -2.29. The Morgan fingerprint density at radius 2 is 1.63 bits per heavy atom. The molecule has 0 aromatic heterocycles. The van der Waals surface area contributed by atoms with Crippen LogP contribution < -0.4 is 19.3 Å². The number of hydrogen-bond donors (Lipinski definition) is 1. The van der Waals surface area contributed by atoms with E-state index in [0.717, 1.165) is 5.69 Å². The van der Waals surface area contributed by atoms with Crippen LogP contribution in [0.15, 0.2) is 66.2 Å². The summed E-state index contributed by atoms with van der Waals surface area (Å²) < 4.78 is 11.1. The summed E-state index contributed by atoms with van der Waals surface area (Å²) in [7, 11) is 5.22. The fraction of sp³-hybridized carbons (Fsp3) is 0.241. The van der Waals surface area contributed by atoms with Crippen LogP contribution in [0.25, 0.3) is 5.76 Å². The van der Waals surface area contributed by atoms with Gasteiger partial charge in [0.05, 0.1) is 35.4 Å². The molecule has 0 radical (unpaired) electrons. The molecular formula is C29H28Cl2N2O5. The van der Waals surface area contributed by atoms with Crippen LogP contribution in [0.2, 0.25) is 10.0 Å². The Morgan fingerprint density at radius 3 is 2.18 bits per heavy atom. The number of ketones is 1. The molecule has 7 nitrogen and oxygen atoms in total. The predicted molar refractivity (Wildman–Crippen MR) is 151 cm³/mol. The van der Waals surface area contributed by atoms with E-state index in [1.165, 1.54) is 24.1 Å². The van der Waals surface area contributed by atoms with E-state index in [2.05, 4.69) is 0 Å². The minimum Gasteiger partial charge on any atom is -0.507 e. The minimum atomic E-state index is -0.925. The maximum Gasteiger partial charge on any atom is 0.300 e. The van der Waals surface area contributed by atoms with Crippen LogP contribution in [0, 0.1) is 0 Å². The predicted octanol–water partition coefficient (Wildman–Crippen LogP) is 6.48. The Balaban J connectivity index is 1.93. The zero-order valence-corrected chi connectivity index (χ0v) is 23.2. The van der Waals surface area contributed by atoms with Crippen LogP contribution in [-0.4, -0.2) is 44.1 Å². The third-order valence-corrected chi connectivity index (χ3v) is 6.62. The molecular weight excluding hydrogens is 527 g/mol. The first-order valence-corrected chi connectivity index (χ1v) is 12.7. The Kier molecular flexibility index (Phi) is 7.90. The summed E-state index contributed by atoms with van der Waals surface area (Å²) in [5.41, 5.74) is 2.04. The molecule has 0 aliphatic carbocycles. The average molecular weight is 555 g/mol. The largest absolute Gasteiger partial charge is 0.507 e. The normalized spacial score (nSPS) is 16.7. The van der Waals surface area contributed by atoms with Crippen LogP contribution in [0.1, 0.15) is 31.0 Å². The van der Waals surface area contributed by atoms with Crippen molar-refractivity contribution in [3.05, 3.63) is 87.4 Å². The Bertz CT molecular complexity index is 1400. The second-order valence-electron chi connectivity index (χ2n) is 9.28. The van der Waals surface area contributed by atoms with E-state index in [0.29, 0.717) is 17.0 Å². The maximum absolute atomic E-state index is 13.5. The molecule has 0 saturated carbocycles. The second kappa shape index (κ2) is 11.0. The summed E-state index contributed by atoms with van der Waals surface area (Å²) in [5.74, 6) is -1.29. The van der Waals surface area contributed by atoms with E-state index >= 15 is 0 Å². The number of nitrogens with zero attached hydrogens (tertiary/aromatic N) is 2. The molecule has 1 aliphatic heterocycles. The van der Waals surface area contributed by atoms with Crippen LogP contribution in [0.3, 0.4) is 0 Å². The standard InChI is InChI=1S/C29H28Cl2N2O5/c1-16(2)38-21-12-10-20(11-13-21)33-25(17-6-8-19(9-7-17)32(3)4)24(27(35)29(33)36)26(34)22-14-18(30)15-23(31)28(22)37-5/h6-16,25,34H,1-5H3/b26-24+. The zero-order valence-electron chi connectivity index (χ0n) is 21.7. The molecule has 1 amide bonds. The van der Waals surface area contributed by atoms with Crippen LogP contribution in [0.5, 0.6) is 11.5 Å². The van der Waals surface area contributed by atoms with Gasteiger partial charge in [0.2, 0.25) is 0 Å². The van der Waals surface area contributed by atoms with Gasteiger partial charge >= 0.3 is 0 Å². The summed E-state index contributed by atoms with van der Waals surface area (Å²) in [5, 5.41) is 11.9. The molecule has 0 spiro atoms. The highest BCUT2D eigenvalue weighted by Crippen LogP contribution is 2.45. The highest BCUT2D eigenvalue weighted by molar-refractivity contribution is 6.52. The molecule has 38 heavy (non-hydrogen) atoms. The Labute approximate surface area is 231 Å². The maximum atomic E-state index is 13.5. The quantitative estimate of drug-likeness (QED) is 0.204. The summed E-state index contributed by atoms with van der Waals surface area (Å²) in [4.78, 5) is 30.3. The average Bonchev–Trinajstić information content (AvgIpc) is 3.13. The molecule has 198 valence electrons. The van der Waals surface area contributed by atoms with Gasteiger partial charge in [-0.15, -0.1) is 0 Å². The van der Waals surface area contributed by atoms with Crippen molar-refractivity contribution in [2.75, 3.05) is 31.0 Å². The number of benzene rings is 3. The van der Waals surface area contributed by atoms with Crippen molar-refractivity contribution < 1.29 is 24.2 Å². The molecule has 1 unspecified atom stereocenters. The Morgan fingerprint density at radius 1 is 1.00 bits per heavy atom. The summed E-state index contributed by atoms with van der Waals surface area (Å²) in [6, 6.07) is 16.3. The molecule has 3 aromatic carbocycles. The number of aliphatic hydroxyl groups is 1. The van der Waals surface area contributed by atoms with E-state index in [-0.39, 0.29) is 33.0 Å². The molecule has 1 atom stereocenters. The molecule has 1 N–H and O–H groups in total. The van der Waals surface area contributed by atoms with Crippen LogP contribution in [-0.2, 0) is 9.59 Å². The zero-order chi connectivity index (χ0) is 27.7. The number of Topliss-reactive ketones (excluding diaryl/α,β-unsaturated/α-hetero) is 1. The SMILES string of the molecule is COc1c(Cl)cc(Cl)cc1/C(O)=C1\C(=O)C(=O)N(c2ccc(OC(C)C)cc2)C1c1ccc(N(C)C)cc1. The molecule has 3 aromatic rings. The van der Waals surface area contributed by atoms with Crippen molar-refractivity contribution in [1.82, 2.24) is 0 Å². The molecule has 1 aliphatic rings. The number of carbonyl (C=O) groups is 2. The van der Waals surface area contributed by atoms with Gasteiger partial charge in [-0.05, 0) is 67.9 Å². The van der Waals surface area contributed by atoms with Crippen LogP contribution in [0.4, 0.5) is 11.4 Å². The van der Waals surface area contributed by atoms with E-state index < -0.39 is 23.5 Å². The third kappa shape index (κ3) is 5.17. The first-order chi connectivity index (χ1) is 18.0. The molecule has 9 heteroatoms. The number of halogens is 2. The summed E-state index contributed by atoms with van der Waals surface area (Å²) in [6.45, 7) is 3.83. The Hall–Kier alpha value is -3.68. The number of rotatable bonds is 7. The lowest BCUT2D eigenvalue weighted by Gasteiger charge is -2.26. The molecule has 0 bridgehead atoms. The van der Waals surface area contributed by atoms with Gasteiger partial charge in [0.25, 0.3) is 11.7 Å². The fourth-order valence-corrected chi connectivity index (χ4v) is 4.99. The molecule has 1 saturated heterocycles. The number of carbonyl (C=O) groups excluding carboxylic acids is 2. The summed E-state index contributed by atoms with van der Waals surface area (Å²) in [6.07, 6.45) is -0.0233. The van der Waals surface area contributed by atoms with Crippen molar-refractivity contribution in [3.63, 3.8) is 0 Å². The monoisotopic (exact) mass is 554 g/mol. The number of anilines is 2. The van der Waals surface area contributed by atoms with E-state index in [1.54, 1.807) is 24.3 Å². The summed E-state index contributed by atoms with van der Waals surface area (Å²) >= 11 is 12.5. The van der Waals surface area contributed by atoms with Gasteiger partial charge in [0, 0.05) is 30.5 Å². The van der Waals surface area contributed by atoms with Gasteiger partial charge < -0.3 is 19.5 Å². The number of methoxy groups -OCH3 is 1. The van der Waals surface area contributed by atoms with Gasteiger partial charge in [0.1, 0.15) is 17.3 Å². The fourth-order valence-electron chi connectivity index (χ4n) is 4.42. The third-order valence-electron chi connectivity index (χ3n) is 6.12. The number of amides is 1. The van der Waals surface area contributed by atoms with Crippen molar-refractivity contribution in [1.29, 1.82) is 0 Å². The number of ether oxygens (including phenoxy) is 2. The van der Waals surface area contributed by atoms with Gasteiger partial charge in [0.15, 0.2) is 0 Å². The van der Waals surface area contributed by atoms with Crippen molar-refractivity contribution in [2.45, 2.75) is 26.0 Å². The van der Waals surface area contributed by atoms with E-state index in [4.69, 9.17) is 32.7 Å². The second-order valence-corrected chi connectivity index (χ2v) is 10.1.